The van der Waals surface area contributed by atoms with Crippen molar-refractivity contribution in [2.75, 3.05) is 5.73 Å². The Labute approximate surface area is 82.1 Å². The zero-order valence-electron chi connectivity index (χ0n) is 7.31. The molecule has 0 atom stereocenters. The third-order valence-electron chi connectivity index (χ3n) is 1.56. The zero-order valence-corrected chi connectivity index (χ0v) is 7.31. The minimum absolute atomic E-state index is 0.0547. The van der Waals surface area contributed by atoms with E-state index < -0.39 is 30.2 Å². The summed E-state index contributed by atoms with van der Waals surface area (Å²) in [4.78, 5) is 0. The standard InChI is InChI=1S/C8H7F4NO2/c9-5-1-4(3-14)2-6(7(5)13)15-8(10,11)12/h1-2,14H,3,13H2. The summed E-state index contributed by atoms with van der Waals surface area (Å²) in [6.07, 6.45) is -4.95. The molecule has 0 saturated carbocycles. The van der Waals surface area contributed by atoms with Crippen LogP contribution in [0.15, 0.2) is 12.1 Å². The second-order valence-electron chi connectivity index (χ2n) is 2.70. The Morgan fingerprint density at radius 2 is 1.93 bits per heavy atom. The zero-order chi connectivity index (χ0) is 11.6. The van der Waals surface area contributed by atoms with Gasteiger partial charge in [0, 0.05) is 0 Å². The number of nitrogens with two attached hydrogens (primary N) is 1. The lowest BCUT2D eigenvalue weighted by molar-refractivity contribution is -0.274. The van der Waals surface area contributed by atoms with Crippen LogP contribution in [0, 0.1) is 5.82 Å². The Balaban J connectivity index is 3.11. The molecule has 1 aromatic rings. The first kappa shape index (κ1) is 11.6. The van der Waals surface area contributed by atoms with Crippen molar-refractivity contribution in [3.05, 3.63) is 23.5 Å². The van der Waals surface area contributed by atoms with E-state index in [1.54, 1.807) is 0 Å². The maximum atomic E-state index is 12.9. The van der Waals surface area contributed by atoms with Gasteiger partial charge in [-0.1, -0.05) is 0 Å². The topological polar surface area (TPSA) is 55.5 Å². The minimum atomic E-state index is -4.95. The number of anilines is 1. The first-order chi connectivity index (χ1) is 6.83. The highest BCUT2D eigenvalue weighted by Gasteiger charge is 2.32. The first-order valence-electron chi connectivity index (χ1n) is 3.78. The van der Waals surface area contributed by atoms with Crippen molar-refractivity contribution in [3.8, 4) is 5.75 Å². The molecule has 0 aliphatic carbocycles. The molecular weight excluding hydrogens is 218 g/mol. The van der Waals surface area contributed by atoms with E-state index in [-0.39, 0.29) is 5.56 Å². The predicted molar refractivity (Wildman–Crippen MR) is 43.4 cm³/mol. The molecule has 0 heterocycles. The number of hydrogen-bond donors (Lipinski definition) is 2. The fourth-order valence-corrected chi connectivity index (χ4v) is 0.946. The van der Waals surface area contributed by atoms with Gasteiger partial charge in [0.05, 0.1) is 6.61 Å². The molecule has 0 fully saturated rings. The van der Waals surface area contributed by atoms with Gasteiger partial charge in [-0.3, -0.25) is 0 Å². The van der Waals surface area contributed by atoms with Crippen molar-refractivity contribution in [2.45, 2.75) is 13.0 Å². The Hall–Kier alpha value is -1.50. The van der Waals surface area contributed by atoms with E-state index in [0.717, 1.165) is 12.1 Å². The van der Waals surface area contributed by atoms with Crippen LogP contribution in [0.5, 0.6) is 5.75 Å². The predicted octanol–water partition coefficient (Wildman–Crippen LogP) is 1.80. The molecule has 0 aliphatic rings. The Morgan fingerprint density at radius 1 is 1.33 bits per heavy atom. The molecule has 1 rings (SSSR count). The average Bonchev–Trinajstić information content (AvgIpc) is 2.10. The smallest absolute Gasteiger partial charge is 0.403 e. The van der Waals surface area contributed by atoms with Crippen molar-refractivity contribution in [1.29, 1.82) is 0 Å². The molecule has 84 valence electrons. The monoisotopic (exact) mass is 225 g/mol. The largest absolute Gasteiger partial charge is 0.573 e. The Bertz CT molecular complexity index is 364. The third kappa shape index (κ3) is 2.98. The summed E-state index contributed by atoms with van der Waals surface area (Å²) in [6, 6.07) is 1.66. The van der Waals surface area contributed by atoms with E-state index in [2.05, 4.69) is 4.74 Å². The highest BCUT2D eigenvalue weighted by atomic mass is 19.4. The molecule has 0 amide bonds. The minimum Gasteiger partial charge on any atom is -0.403 e. The molecule has 3 N–H and O–H groups in total. The van der Waals surface area contributed by atoms with Gasteiger partial charge in [0.1, 0.15) is 11.5 Å². The second kappa shape index (κ2) is 3.93. The lowest BCUT2D eigenvalue weighted by atomic mass is 10.2. The van der Waals surface area contributed by atoms with Crippen LogP contribution in [0.4, 0.5) is 23.2 Å². The van der Waals surface area contributed by atoms with Crippen molar-refractivity contribution in [1.82, 2.24) is 0 Å². The van der Waals surface area contributed by atoms with Gasteiger partial charge in [0.2, 0.25) is 0 Å². The van der Waals surface area contributed by atoms with Crippen LogP contribution in [0.3, 0.4) is 0 Å². The normalized spacial score (nSPS) is 11.5. The number of benzene rings is 1. The highest BCUT2D eigenvalue weighted by molar-refractivity contribution is 5.55. The van der Waals surface area contributed by atoms with Gasteiger partial charge < -0.3 is 15.6 Å². The molecule has 7 heteroatoms. The number of aliphatic hydroxyl groups excluding tert-OH is 1. The van der Waals surface area contributed by atoms with Crippen LogP contribution in [-0.4, -0.2) is 11.5 Å². The van der Waals surface area contributed by atoms with Crippen molar-refractivity contribution < 1.29 is 27.4 Å². The van der Waals surface area contributed by atoms with Gasteiger partial charge in [-0.25, -0.2) is 4.39 Å². The van der Waals surface area contributed by atoms with Crippen molar-refractivity contribution >= 4 is 5.69 Å². The molecule has 15 heavy (non-hydrogen) atoms. The molecule has 0 spiro atoms. The van der Waals surface area contributed by atoms with Crippen LogP contribution in [-0.2, 0) is 6.61 Å². The lowest BCUT2D eigenvalue weighted by Crippen LogP contribution is -2.18. The Kier molecular flexibility index (Phi) is 3.04. The number of aliphatic hydroxyl groups is 1. The summed E-state index contributed by atoms with van der Waals surface area (Å²) in [5.41, 5.74) is 4.23. The average molecular weight is 225 g/mol. The van der Waals surface area contributed by atoms with Crippen molar-refractivity contribution in [2.24, 2.45) is 0 Å². The van der Waals surface area contributed by atoms with E-state index in [0.29, 0.717) is 0 Å². The highest BCUT2D eigenvalue weighted by Crippen LogP contribution is 2.31. The van der Waals surface area contributed by atoms with E-state index in [4.69, 9.17) is 10.8 Å². The summed E-state index contributed by atoms with van der Waals surface area (Å²) in [5.74, 6) is -1.92. The fraction of sp³-hybridized carbons (Fsp3) is 0.250. The summed E-state index contributed by atoms with van der Waals surface area (Å²) >= 11 is 0. The Morgan fingerprint density at radius 3 is 2.40 bits per heavy atom. The number of nitrogen functional groups attached to an aromatic ring is 1. The summed E-state index contributed by atoms with van der Waals surface area (Å²) in [5, 5.41) is 8.63. The maximum absolute atomic E-state index is 12.9. The van der Waals surface area contributed by atoms with Crippen molar-refractivity contribution in [3.63, 3.8) is 0 Å². The molecule has 0 bridgehead atoms. The number of hydrogen-bond acceptors (Lipinski definition) is 3. The van der Waals surface area contributed by atoms with Crippen LogP contribution >= 0.6 is 0 Å². The van der Waals surface area contributed by atoms with Crippen LogP contribution in [0.2, 0.25) is 0 Å². The van der Waals surface area contributed by atoms with Gasteiger partial charge >= 0.3 is 6.36 Å². The fourth-order valence-electron chi connectivity index (χ4n) is 0.946. The number of rotatable bonds is 2. The maximum Gasteiger partial charge on any atom is 0.573 e. The lowest BCUT2D eigenvalue weighted by Gasteiger charge is -2.12. The summed E-state index contributed by atoms with van der Waals surface area (Å²) < 4.78 is 51.9. The molecule has 0 radical (unpaired) electrons. The molecule has 3 nitrogen and oxygen atoms in total. The summed E-state index contributed by atoms with van der Waals surface area (Å²) in [7, 11) is 0. The molecule has 0 aliphatic heterocycles. The van der Waals surface area contributed by atoms with E-state index in [1.807, 2.05) is 0 Å². The van der Waals surface area contributed by atoms with Gasteiger partial charge in [0.25, 0.3) is 0 Å². The van der Waals surface area contributed by atoms with Crippen LogP contribution in [0.1, 0.15) is 5.56 Å². The first-order valence-corrected chi connectivity index (χ1v) is 3.78. The van der Waals surface area contributed by atoms with Crippen LogP contribution < -0.4 is 10.5 Å². The molecule has 0 aromatic heterocycles. The quantitative estimate of drug-likeness (QED) is 0.596. The van der Waals surface area contributed by atoms with Gasteiger partial charge in [-0.2, -0.15) is 0 Å². The number of alkyl halides is 3. The van der Waals surface area contributed by atoms with E-state index in [9.17, 15) is 17.6 Å². The van der Waals surface area contributed by atoms with Gasteiger partial charge in [-0.05, 0) is 17.7 Å². The molecular formula is C8H7F4NO2. The third-order valence-corrected chi connectivity index (χ3v) is 1.56. The van der Waals surface area contributed by atoms with Gasteiger partial charge in [-0.15, -0.1) is 13.2 Å². The molecule has 1 aromatic carbocycles. The van der Waals surface area contributed by atoms with Crippen LogP contribution in [0.25, 0.3) is 0 Å². The molecule has 0 saturated heterocycles. The second-order valence-corrected chi connectivity index (χ2v) is 2.70. The molecule has 0 unspecified atom stereocenters. The van der Waals surface area contributed by atoms with E-state index >= 15 is 0 Å². The summed E-state index contributed by atoms with van der Waals surface area (Å²) in [6.45, 7) is -0.606. The SMILES string of the molecule is Nc1c(F)cc(CO)cc1OC(F)(F)F. The number of halogens is 4. The van der Waals surface area contributed by atoms with Gasteiger partial charge in [0.15, 0.2) is 5.75 Å². The van der Waals surface area contributed by atoms with E-state index in [1.165, 1.54) is 0 Å². The number of ether oxygens (including phenoxy) is 1.